The molecule has 2 rings (SSSR count). The number of benzene rings is 1. The Hall–Kier alpha value is -1.42. The van der Waals surface area contributed by atoms with Crippen molar-refractivity contribution < 1.29 is 14.3 Å². The fraction of sp³-hybridized carbons (Fsp3) is 0.562. The lowest BCUT2D eigenvalue weighted by Crippen LogP contribution is -2.46. The van der Waals surface area contributed by atoms with Gasteiger partial charge in [-0.05, 0) is 38.9 Å². The predicted octanol–water partition coefficient (Wildman–Crippen LogP) is 3.39. The van der Waals surface area contributed by atoms with E-state index in [1.54, 1.807) is 18.2 Å². The van der Waals surface area contributed by atoms with Crippen LogP contribution in [0.2, 0.25) is 0 Å². The normalized spacial score (nSPS) is 20.1. The molecule has 1 aliphatic heterocycles. The molecule has 1 N–H and O–H groups in total. The van der Waals surface area contributed by atoms with Crippen molar-refractivity contribution >= 4 is 5.97 Å². The Morgan fingerprint density at radius 3 is 2.40 bits per heavy atom. The second-order valence-electron chi connectivity index (χ2n) is 5.73. The van der Waals surface area contributed by atoms with Crippen LogP contribution in [0, 0.1) is 5.82 Å². The first-order valence-electron chi connectivity index (χ1n) is 7.26. The Morgan fingerprint density at radius 2 is 1.85 bits per heavy atom. The van der Waals surface area contributed by atoms with E-state index in [1.165, 1.54) is 6.07 Å². The highest BCUT2D eigenvalue weighted by Gasteiger charge is 2.37. The fourth-order valence-electron chi connectivity index (χ4n) is 3.13. The second-order valence-corrected chi connectivity index (χ2v) is 5.73. The summed E-state index contributed by atoms with van der Waals surface area (Å²) in [6.45, 7) is 3.51. The van der Waals surface area contributed by atoms with E-state index >= 15 is 0 Å². The molecule has 1 aromatic carbocycles. The molecule has 1 aliphatic rings. The van der Waals surface area contributed by atoms with Gasteiger partial charge >= 0.3 is 5.97 Å². The van der Waals surface area contributed by atoms with Crippen molar-refractivity contribution in [3.8, 4) is 0 Å². The van der Waals surface area contributed by atoms with Gasteiger partial charge in [0, 0.05) is 5.56 Å². The molecule has 0 bridgehead atoms. The van der Waals surface area contributed by atoms with Crippen molar-refractivity contribution in [2.75, 3.05) is 13.1 Å². The van der Waals surface area contributed by atoms with Crippen LogP contribution in [0.5, 0.6) is 0 Å². The maximum Gasteiger partial charge on any atom is 0.305 e. The Labute approximate surface area is 119 Å². The molecular formula is C16H22FNO2. The number of halogens is 1. The van der Waals surface area contributed by atoms with Gasteiger partial charge < -0.3 is 5.11 Å². The molecule has 1 saturated heterocycles. The number of hydrogen-bond acceptors (Lipinski definition) is 2. The number of rotatable bonds is 4. The molecule has 1 atom stereocenters. The van der Waals surface area contributed by atoms with Crippen LogP contribution in [0.15, 0.2) is 24.3 Å². The Kier molecular flexibility index (Phi) is 4.76. The Balaban J connectivity index is 2.38. The Morgan fingerprint density at radius 1 is 1.25 bits per heavy atom. The molecule has 0 aromatic heterocycles. The highest BCUT2D eigenvalue weighted by Crippen LogP contribution is 2.35. The van der Waals surface area contributed by atoms with Gasteiger partial charge in [0.05, 0.1) is 12.0 Å². The minimum atomic E-state index is -0.889. The van der Waals surface area contributed by atoms with E-state index in [0.29, 0.717) is 5.56 Å². The zero-order chi connectivity index (χ0) is 14.6. The predicted molar refractivity (Wildman–Crippen MR) is 76.0 cm³/mol. The largest absolute Gasteiger partial charge is 0.481 e. The SMILES string of the molecule is CC(CC(=O)O)(c1ccccc1F)N1CCCCCC1. The first kappa shape index (κ1) is 15.0. The van der Waals surface area contributed by atoms with Crippen molar-refractivity contribution in [3.63, 3.8) is 0 Å². The summed E-state index contributed by atoms with van der Waals surface area (Å²) in [6, 6.07) is 6.54. The average molecular weight is 279 g/mol. The first-order chi connectivity index (χ1) is 9.54. The molecule has 0 radical (unpaired) electrons. The summed E-state index contributed by atoms with van der Waals surface area (Å²) < 4.78 is 14.2. The topological polar surface area (TPSA) is 40.5 Å². The number of carboxylic acids is 1. The third kappa shape index (κ3) is 3.18. The summed E-state index contributed by atoms with van der Waals surface area (Å²) in [5.74, 6) is -1.21. The van der Waals surface area contributed by atoms with Gasteiger partial charge in [0.2, 0.25) is 0 Å². The standard InChI is InChI=1S/C16H22FNO2/c1-16(12-15(19)20,13-8-4-5-9-14(13)17)18-10-6-2-3-7-11-18/h4-5,8-9H,2-3,6-7,10-12H2,1H3,(H,19,20). The summed E-state index contributed by atoms with van der Waals surface area (Å²) in [6.07, 6.45) is 4.34. The third-order valence-corrected chi connectivity index (χ3v) is 4.25. The zero-order valence-corrected chi connectivity index (χ0v) is 11.9. The second kappa shape index (κ2) is 6.35. The van der Waals surface area contributed by atoms with Gasteiger partial charge in [0.1, 0.15) is 5.82 Å². The van der Waals surface area contributed by atoms with Crippen LogP contribution in [0.1, 0.15) is 44.6 Å². The van der Waals surface area contributed by atoms with Crippen LogP contribution in [0.3, 0.4) is 0 Å². The maximum atomic E-state index is 14.2. The third-order valence-electron chi connectivity index (χ3n) is 4.25. The molecule has 0 amide bonds. The van der Waals surface area contributed by atoms with Crippen LogP contribution in [-0.2, 0) is 10.3 Å². The minimum Gasteiger partial charge on any atom is -0.481 e. The summed E-state index contributed by atoms with van der Waals surface area (Å²) >= 11 is 0. The number of carbonyl (C=O) groups is 1. The van der Waals surface area contributed by atoms with Crippen LogP contribution < -0.4 is 0 Å². The van der Waals surface area contributed by atoms with Gasteiger partial charge in [-0.15, -0.1) is 0 Å². The van der Waals surface area contributed by atoms with Crippen molar-refractivity contribution in [2.24, 2.45) is 0 Å². The lowest BCUT2D eigenvalue weighted by Gasteiger charge is -2.40. The zero-order valence-electron chi connectivity index (χ0n) is 11.9. The van der Waals surface area contributed by atoms with E-state index in [4.69, 9.17) is 0 Å². The summed E-state index contributed by atoms with van der Waals surface area (Å²) in [7, 11) is 0. The minimum absolute atomic E-state index is 0.0755. The average Bonchev–Trinajstić information content (AvgIpc) is 2.67. The molecule has 20 heavy (non-hydrogen) atoms. The number of nitrogens with zero attached hydrogens (tertiary/aromatic N) is 1. The highest BCUT2D eigenvalue weighted by molar-refractivity contribution is 5.69. The summed E-state index contributed by atoms with van der Waals surface area (Å²) in [4.78, 5) is 13.4. The van der Waals surface area contributed by atoms with E-state index in [2.05, 4.69) is 4.90 Å². The molecule has 0 aliphatic carbocycles. The van der Waals surface area contributed by atoms with Crippen LogP contribution in [0.4, 0.5) is 4.39 Å². The van der Waals surface area contributed by atoms with Gasteiger partial charge in [-0.3, -0.25) is 9.69 Å². The summed E-state index contributed by atoms with van der Waals surface area (Å²) in [5, 5.41) is 9.25. The molecule has 3 nitrogen and oxygen atoms in total. The molecule has 0 saturated carbocycles. The van der Waals surface area contributed by atoms with E-state index < -0.39 is 11.5 Å². The molecule has 1 heterocycles. The van der Waals surface area contributed by atoms with Gasteiger partial charge in [0.25, 0.3) is 0 Å². The molecule has 1 fully saturated rings. The van der Waals surface area contributed by atoms with Gasteiger partial charge in [-0.25, -0.2) is 4.39 Å². The van der Waals surface area contributed by atoms with E-state index in [0.717, 1.165) is 38.8 Å². The fourth-order valence-corrected chi connectivity index (χ4v) is 3.13. The van der Waals surface area contributed by atoms with E-state index in [9.17, 15) is 14.3 Å². The highest BCUT2D eigenvalue weighted by atomic mass is 19.1. The summed E-state index contributed by atoms with van der Waals surface area (Å²) in [5.41, 5.74) is -0.286. The smallest absolute Gasteiger partial charge is 0.305 e. The van der Waals surface area contributed by atoms with Crippen LogP contribution in [-0.4, -0.2) is 29.1 Å². The van der Waals surface area contributed by atoms with Gasteiger partial charge in [-0.2, -0.15) is 0 Å². The van der Waals surface area contributed by atoms with Crippen molar-refractivity contribution in [2.45, 2.75) is 44.6 Å². The van der Waals surface area contributed by atoms with Gasteiger partial charge in [0.15, 0.2) is 0 Å². The van der Waals surface area contributed by atoms with E-state index in [-0.39, 0.29) is 12.2 Å². The molecule has 110 valence electrons. The van der Waals surface area contributed by atoms with Crippen molar-refractivity contribution in [1.29, 1.82) is 0 Å². The molecule has 4 heteroatoms. The van der Waals surface area contributed by atoms with Crippen LogP contribution >= 0.6 is 0 Å². The lowest BCUT2D eigenvalue weighted by atomic mass is 9.86. The Bertz CT molecular complexity index is 469. The first-order valence-corrected chi connectivity index (χ1v) is 7.26. The quantitative estimate of drug-likeness (QED) is 0.918. The van der Waals surface area contributed by atoms with Gasteiger partial charge in [-0.1, -0.05) is 31.0 Å². The number of likely N-dealkylation sites (tertiary alicyclic amines) is 1. The number of aliphatic carboxylic acids is 1. The molecule has 1 unspecified atom stereocenters. The lowest BCUT2D eigenvalue weighted by molar-refractivity contribution is -0.140. The molecule has 1 aromatic rings. The molecule has 0 spiro atoms. The van der Waals surface area contributed by atoms with Crippen LogP contribution in [0.25, 0.3) is 0 Å². The number of carboxylic acid groups (broad SMARTS) is 1. The monoisotopic (exact) mass is 279 g/mol. The van der Waals surface area contributed by atoms with Crippen molar-refractivity contribution in [1.82, 2.24) is 4.90 Å². The molecular weight excluding hydrogens is 257 g/mol. The van der Waals surface area contributed by atoms with E-state index in [1.807, 2.05) is 6.92 Å². The maximum absolute atomic E-state index is 14.2. The van der Waals surface area contributed by atoms with Crippen molar-refractivity contribution in [3.05, 3.63) is 35.6 Å². The number of hydrogen-bond donors (Lipinski definition) is 1.